The molecule has 1 atom stereocenters. The van der Waals surface area contributed by atoms with Gasteiger partial charge in [-0.1, -0.05) is 44.5 Å². The fourth-order valence-corrected chi connectivity index (χ4v) is 2.49. The maximum Gasteiger partial charge on any atom is 0.486 e. The number of amides is 1. The SMILES string of the molecule is CC(C)(C)C(=O)N[C@@H](B1OC(C)(C)C(C)(C)O1)c1ccc(Cl)cc1. The first kappa shape index (κ1) is 19.3. The summed E-state index contributed by atoms with van der Waals surface area (Å²) in [5.41, 5.74) is -0.534. The molecule has 0 unspecified atom stereocenters. The molecule has 6 heteroatoms. The first-order chi connectivity index (χ1) is 10.8. The van der Waals surface area contributed by atoms with E-state index in [1.807, 2.05) is 60.6 Å². The Morgan fingerprint density at radius 2 is 1.54 bits per heavy atom. The predicted molar refractivity (Wildman–Crippen MR) is 97.9 cm³/mol. The molecule has 0 aliphatic carbocycles. The van der Waals surface area contributed by atoms with Gasteiger partial charge in [-0.3, -0.25) is 4.79 Å². The van der Waals surface area contributed by atoms with Crippen molar-refractivity contribution < 1.29 is 14.1 Å². The Labute approximate surface area is 150 Å². The Morgan fingerprint density at radius 1 is 1.08 bits per heavy atom. The summed E-state index contributed by atoms with van der Waals surface area (Å²) in [6.07, 6.45) is 0. The van der Waals surface area contributed by atoms with Crippen LogP contribution in [0.2, 0.25) is 5.02 Å². The van der Waals surface area contributed by atoms with E-state index in [0.717, 1.165) is 5.56 Å². The van der Waals surface area contributed by atoms with E-state index in [9.17, 15) is 4.79 Å². The molecule has 1 saturated heterocycles. The Bertz CT molecular complexity index is 592. The molecule has 0 spiro atoms. The molecule has 1 aliphatic heterocycles. The van der Waals surface area contributed by atoms with Gasteiger partial charge in [0.15, 0.2) is 0 Å². The molecule has 0 aromatic heterocycles. The molecule has 1 aromatic rings. The number of rotatable bonds is 3. The number of carbonyl (C=O) groups excluding carboxylic acids is 1. The highest BCUT2D eigenvalue weighted by Crippen LogP contribution is 2.40. The highest BCUT2D eigenvalue weighted by molar-refractivity contribution is 6.47. The van der Waals surface area contributed by atoms with Crippen LogP contribution in [0.15, 0.2) is 24.3 Å². The van der Waals surface area contributed by atoms with Crippen LogP contribution in [0.25, 0.3) is 0 Å². The predicted octanol–water partition coefficient (Wildman–Crippen LogP) is 4.17. The lowest BCUT2D eigenvalue weighted by molar-refractivity contribution is -0.129. The molecule has 1 amide bonds. The summed E-state index contributed by atoms with van der Waals surface area (Å²) >= 11 is 6.00. The molecule has 24 heavy (non-hydrogen) atoms. The minimum absolute atomic E-state index is 0.0582. The second-order valence-electron chi connectivity index (χ2n) is 8.38. The van der Waals surface area contributed by atoms with Gasteiger partial charge < -0.3 is 14.6 Å². The van der Waals surface area contributed by atoms with Crippen molar-refractivity contribution >= 4 is 24.6 Å². The summed E-state index contributed by atoms with van der Waals surface area (Å²) in [5, 5.41) is 3.73. The van der Waals surface area contributed by atoms with Crippen molar-refractivity contribution in [1.82, 2.24) is 5.32 Å². The second kappa shape index (κ2) is 6.36. The zero-order valence-electron chi connectivity index (χ0n) is 15.6. The van der Waals surface area contributed by atoms with E-state index >= 15 is 0 Å². The third-order valence-electron chi connectivity index (χ3n) is 4.74. The minimum Gasteiger partial charge on any atom is -0.402 e. The maximum absolute atomic E-state index is 12.5. The van der Waals surface area contributed by atoms with Crippen LogP contribution in [0.1, 0.15) is 60.0 Å². The van der Waals surface area contributed by atoms with Crippen molar-refractivity contribution in [1.29, 1.82) is 0 Å². The maximum atomic E-state index is 12.5. The van der Waals surface area contributed by atoms with E-state index < -0.39 is 29.7 Å². The monoisotopic (exact) mass is 351 g/mol. The zero-order chi connectivity index (χ0) is 18.3. The molecule has 1 aromatic carbocycles. The Morgan fingerprint density at radius 3 is 1.96 bits per heavy atom. The zero-order valence-corrected chi connectivity index (χ0v) is 16.3. The summed E-state index contributed by atoms with van der Waals surface area (Å²) in [4.78, 5) is 12.5. The van der Waals surface area contributed by atoms with Crippen LogP contribution >= 0.6 is 11.6 Å². The first-order valence-corrected chi connectivity index (χ1v) is 8.63. The van der Waals surface area contributed by atoms with E-state index in [0.29, 0.717) is 5.02 Å². The molecule has 2 rings (SSSR count). The average Bonchev–Trinajstić information content (AvgIpc) is 2.64. The van der Waals surface area contributed by atoms with Crippen LogP contribution in [0.5, 0.6) is 0 Å². The molecule has 132 valence electrons. The summed E-state index contributed by atoms with van der Waals surface area (Å²) < 4.78 is 12.3. The molecule has 0 saturated carbocycles. The fourth-order valence-electron chi connectivity index (χ4n) is 2.36. The highest BCUT2D eigenvalue weighted by Gasteiger charge is 2.54. The highest BCUT2D eigenvalue weighted by atomic mass is 35.5. The largest absolute Gasteiger partial charge is 0.486 e. The number of nitrogens with one attached hydrogen (secondary N) is 1. The molecule has 1 fully saturated rings. The Kier molecular flexibility index (Phi) is 5.11. The average molecular weight is 352 g/mol. The molecule has 1 N–H and O–H groups in total. The molecule has 1 aliphatic rings. The topological polar surface area (TPSA) is 47.6 Å². The van der Waals surface area contributed by atoms with Crippen LogP contribution in [0.4, 0.5) is 0 Å². The standard InChI is InChI=1S/C18H27BClNO3/c1-16(2,3)15(22)21-14(12-8-10-13(20)11-9-12)19-23-17(4,5)18(6,7)24-19/h8-11,14H,1-7H3,(H,21,22)/t14-/m1/s1. The van der Waals surface area contributed by atoms with Crippen molar-refractivity contribution in [2.75, 3.05) is 0 Å². The summed E-state index contributed by atoms with van der Waals surface area (Å²) in [6, 6.07) is 7.39. The fraction of sp³-hybridized carbons (Fsp3) is 0.611. The van der Waals surface area contributed by atoms with Gasteiger partial charge in [-0.25, -0.2) is 0 Å². The van der Waals surface area contributed by atoms with Gasteiger partial charge in [-0.2, -0.15) is 0 Å². The second-order valence-corrected chi connectivity index (χ2v) is 8.81. The van der Waals surface area contributed by atoms with Gasteiger partial charge >= 0.3 is 7.12 Å². The molecular formula is C18H27BClNO3. The smallest absolute Gasteiger partial charge is 0.402 e. The van der Waals surface area contributed by atoms with Crippen molar-refractivity contribution in [3.05, 3.63) is 34.9 Å². The number of hydrogen-bond donors (Lipinski definition) is 1. The van der Waals surface area contributed by atoms with E-state index in [1.54, 1.807) is 12.1 Å². The van der Waals surface area contributed by atoms with E-state index in [-0.39, 0.29) is 5.91 Å². The van der Waals surface area contributed by atoms with Gasteiger partial charge in [0.25, 0.3) is 0 Å². The molecule has 4 nitrogen and oxygen atoms in total. The van der Waals surface area contributed by atoms with Crippen LogP contribution in [-0.4, -0.2) is 24.2 Å². The number of hydrogen-bond acceptors (Lipinski definition) is 3. The van der Waals surface area contributed by atoms with Gasteiger partial charge in [0.1, 0.15) is 0 Å². The van der Waals surface area contributed by atoms with Crippen molar-refractivity contribution in [3.8, 4) is 0 Å². The van der Waals surface area contributed by atoms with E-state index in [2.05, 4.69) is 5.32 Å². The Hall–Kier alpha value is -1.04. The lowest BCUT2D eigenvalue weighted by Crippen LogP contribution is -2.45. The first-order valence-electron chi connectivity index (χ1n) is 8.25. The van der Waals surface area contributed by atoms with Gasteiger partial charge in [0.05, 0.1) is 17.1 Å². The molecule has 0 radical (unpaired) electrons. The molecule has 0 bridgehead atoms. The van der Waals surface area contributed by atoms with Gasteiger partial charge in [0, 0.05) is 10.4 Å². The van der Waals surface area contributed by atoms with Crippen molar-refractivity contribution in [2.45, 2.75) is 65.6 Å². The lowest BCUT2D eigenvalue weighted by atomic mass is 9.73. The summed E-state index contributed by atoms with van der Waals surface area (Å²) in [6.45, 7) is 13.6. The van der Waals surface area contributed by atoms with Gasteiger partial charge in [-0.05, 0) is 45.4 Å². The lowest BCUT2D eigenvalue weighted by Gasteiger charge is -2.32. The quantitative estimate of drug-likeness (QED) is 0.831. The molecule has 1 heterocycles. The summed E-state index contributed by atoms with van der Waals surface area (Å²) in [5.74, 6) is -0.466. The van der Waals surface area contributed by atoms with Crippen molar-refractivity contribution in [3.63, 3.8) is 0 Å². The van der Waals surface area contributed by atoms with Gasteiger partial charge in [0.2, 0.25) is 5.91 Å². The number of carbonyl (C=O) groups is 1. The number of halogens is 1. The van der Waals surface area contributed by atoms with Crippen molar-refractivity contribution in [2.24, 2.45) is 5.41 Å². The third kappa shape index (κ3) is 3.96. The van der Waals surface area contributed by atoms with E-state index in [1.165, 1.54) is 0 Å². The normalized spacial score (nSPS) is 20.8. The van der Waals surface area contributed by atoms with E-state index in [4.69, 9.17) is 20.9 Å². The van der Waals surface area contributed by atoms with Gasteiger partial charge in [-0.15, -0.1) is 0 Å². The minimum atomic E-state index is -0.567. The third-order valence-corrected chi connectivity index (χ3v) is 4.99. The van der Waals surface area contributed by atoms with Crippen LogP contribution in [-0.2, 0) is 14.1 Å². The van der Waals surface area contributed by atoms with Crippen LogP contribution < -0.4 is 5.32 Å². The summed E-state index contributed by atoms with van der Waals surface area (Å²) in [7, 11) is -0.567. The number of benzene rings is 1. The van der Waals surface area contributed by atoms with Crippen LogP contribution in [0.3, 0.4) is 0 Å². The molecular weight excluding hydrogens is 324 g/mol. The van der Waals surface area contributed by atoms with Crippen LogP contribution in [0, 0.1) is 5.41 Å². The Balaban J connectivity index is 2.34.